The molecule has 0 spiro atoms. The van der Waals surface area contributed by atoms with Gasteiger partial charge < -0.3 is 5.32 Å². The zero-order chi connectivity index (χ0) is 23.3. The van der Waals surface area contributed by atoms with E-state index in [4.69, 9.17) is 0 Å². The molecule has 35 heavy (non-hydrogen) atoms. The number of fused-ring (bicyclic) bond motifs is 7. The summed E-state index contributed by atoms with van der Waals surface area (Å²) in [5, 5.41) is 11.4. The molecule has 0 aliphatic rings. The highest BCUT2D eigenvalue weighted by molar-refractivity contribution is 7.44. The second kappa shape index (κ2) is 7.62. The second-order valence-corrected chi connectivity index (χ2v) is 15.6. The molecule has 0 unspecified atom stereocenters. The van der Waals surface area contributed by atoms with Crippen molar-refractivity contribution in [3.8, 4) is 19.5 Å². The van der Waals surface area contributed by atoms with Crippen LogP contribution in [0.25, 0.3) is 69.3 Å². The SMILES string of the molecule is CNc1ccc(-c2cc3cc4sc5sc6cc7cc(-c8ccc(C)s8)sc7cc6c5c4cc3s2)s1. The molecule has 7 heteroatoms. The van der Waals surface area contributed by atoms with Crippen molar-refractivity contribution in [1.29, 1.82) is 0 Å². The second-order valence-electron chi connectivity index (χ2n) is 8.68. The van der Waals surface area contributed by atoms with E-state index in [1.54, 1.807) is 0 Å². The van der Waals surface area contributed by atoms with Gasteiger partial charge in [-0.05, 0) is 78.4 Å². The van der Waals surface area contributed by atoms with Crippen molar-refractivity contribution < 1.29 is 0 Å². The van der Waals surface area contributed by atoms with Gasteiger partial charge in [0.15, 0.2) is 0 Å². The number of nitrogens with one attached hydrogen (secondary N) is 1. The molecule has 0 saturated carbocycles. The average Bonchev–Trinajstić information content (AvgIpc) is 3.66. The molecule has 1 nitrogen and oxygen atoms in total. The number of hydrogen-bond donors (Lipinski definition) is 1. The molecule has 0 fully saturated rings. The Balaban J connectivity index is 1.32. The maximum Gasteiger partial charge on any atom is 0.0890 e. The fourth-order valence-corrected chi connectivity index (χ4v) is 11.5. The third-order valence-electron chi connectivity index (χ3n) is 6.46. The van der Waals surface area contributed by atoms with E-state index in [2.05, 4.69) is 72.9 Å². The molecule has 6 heterocycles. The predicted octanol–water partition coefficient (Wildman–Crippen LogP) is 11.5. The number of aryl methyl sites for hydroxylation is 1. The fourth-order valence-electron chi connectivity index (χ4n) is 4.79. The third kappa shape index (κ3) is 3.19. The molecule has 0 radical (unpaired) electrons. The molecule has 0 amide bonds. The molecule has 0 aliphatic heterocycles. The van der Waals surface area contributed by atoms with E-state index < -0.39 is 0 Å². The summed E-state index contributed by atoms with van der Waals surface area (Å²) in [6.45, 7) is 2.18. The molecule has 8 aromatic rings. The minimum absolute atomic E-state index is 1.21. The summed E-state index contributed by atoms with van der Waals surface area (Å²) in [4.78, 5) is 6.82. The molecule has 170 valence electrons. The van der Waals surface area contributed by atoms with E-state index in [1.807, 2.05) is 75.1 Å². The minimum Gasteiger partial charge on any atom is -0.380 e. The van der Waals surface area contributed by atoms with E-state index in [1.165, 1.54) is 79.1 Å². The van der Waals surface area contributed by atoms with Gasteiger partial charge in [-0.3, -0.25) is 0 Å². The summed E-state index contributed by atoms with van der Waals surface area (Å²) in [6, 6.07) is 23.3. The van der Waals surface area contributed by atoms with Crippen LogP contribution in [-0.4, -0.2) is 7.05 Å². The zero-order valence-electron chi connectivity index (χ0n) is 18.7. The highest BCUT2D eigenvalue weighted by Crippen LogP contribution is 2.49. The molecule has 8 rings (SSSR count). The molecule has 0 bridgehead atoms. The van der Waals surface area contributed by atoms with E-state index in [9.17, 15) is 0 Å². The third-order valence-corrected chi connectivity index (χ3v) is 13.5. The van der Waals surface area contributed by atoms with Gasteiger partial charge in [-0.2, -0.15) is 0 Å². The summed E-state index contributed by atoms with van der Waals surface area (Å²) in [7, 11) is 1.99. The lowest BCUT2D eigenvalue weighted by Gasteiger charge is -1.95. The normalized spacial score (nSPS) is 12.3. The number of benzene rings is 2. The average molecular weight is 560 g/mol. The Morgan fingerprint density at radius 2 is 1.14 bits per heavy atom. The van der Waals surface area contributed by atoms with Crippen LogP contribution in [0.2, 0.25) is 0 Å². The summed E-state index contributed by atoms with van der Waals surface area (Å²) < 4.78 is 7.00. The van der Waals surface area contributed by atoms with Gasteiger partial charge in [0.2, 0.25) is 0 Å². The number of thiophene rings is 6. The van der Waals surface area contributed by atoms with Crippen LogP contribution < -0.4 is 5.32 Å². The Morgan fingerprint density at radius 3 is 1.69 bits per heavy atom. The van der Waals surface area contributed by atoms with E-state index >= 15 is 0 Å². The Morgan fingerprint density at radius 1 is 0.543 bits per heavy atom. The summed E-state index contributed by atoms with van der Waals surface area (Å²) in [6.07, 6.45) is 0. The van der Waals surface area contributed by atoms with Crippen LogP contribution in [0.1, 0.15) is 4.88 Å². The van der Waals surface area contributed by atoms with Crippen molar-refractivity contribution in [1.82, 2.24) is 0 Å². The number of anilines is 1. The van der Waals surface area contributed by atoms with Crippen LogP contribution in [0.5, 0.6) is 0 Å². The first-order chi connectivity index (χ1) is 17.1. The lowest BCUT2D eigenvalue weighted by atomic mass is 10.1. The highest BCUT2D eigenvalue weighted by Gasteiger charge is 2.17. The van der Waals surface area contributed by atoms with E-state index in [0.29, 0.717) is 0 Å². The maximum atomic E-state index is 3.26. The number of rotatable bonds is 3. The van der Waals surface area contributed by atoms with Crippen molar-refractivity contribution in [3.63, 3.8) is 0 Å². The van der Waals surface area contributed by atoms with Crippen LogP contribution in [0.4, 0.5) is 5.00 Å². The Bertz CT molecular complexity index is 2070. The Labute approximate surface area is 225 Å². The van der Waals surface area contributed by atoms with Gasteiger partial charge in [0.1, 0.15) is 0 Å². The predicted molar refractivity (Wildman–Crippen MR) is 166 cm³/mol. The molecule has 2 aromatic carbocycles. The molecule has 6 aromatic heterocycles. The molecular formula is C28H17NS6. The van der Waals surface area contributed by atoms with Crippen molar-refractivity contribution in [3.05, 3.63) is 65.5 Å². The first-order valence-corrected chi connectivity index (χ1v) is 16.1. The molecule has 0 aliphatic carbocycles. The zero-order valence-corrected chi connectivity index (χ0v) is 23.6. The van der Waals surface area contributed by atoms with Crippen molar-refractivity contribution in [2.45, 2.75) is 6.92 Å². The molecule has 0 atom stereocenters. The number of hydrogen-bond acceptors (Lipinski definition) is 7. The van der Waals surface area contributed by atoms with Gasteiger partial charge in [-0.1, -0.05) is 0 Å². The van der Waals surface area contributed by atoms with Gasteiger partial charge in [0.05, 0.1) is 9.01 Å². The fraction of sp³-hybridized carbons (Fsp3) is 0.0714. The van der Waals surface area contributed by atoms with Crippen LogP contribution in [0.3, 0.4) is 0 Å². The Kier molecular flexibility index (Phi) is 4.55. The first-order valence-electron chi connectivity index (χ1n) is 11.2. The Hall–Kier alpha value is -2.26. The van der Waals surface area contributed by atoms with Gasteiger partial charge in [0, 0.05) is 66.4 Å². The van der Waals surface area contributed by atoms with Gasteiger partial charge in [-0.15, -0.1) is 68.0 Å². The molecule has 1 N–H and O–H groups in total. The minimum atomic E-state index is 1.21. The topological polar surface area (TPSA) is 12.0 Å². The van der Waals surface area contributed by atoms with Crippen LogP contribution >= 0.6 is 68.0 Å². The molecular weight excluding hydrogens is 543 g/mol. The maximum absolute atomic E-state index is 3.26. The summed E-state index contributed by atoms with van der Waals surface area (Å²) in [5.41, 5.74) is 0. The van der Waals surface area contributed by atoms with Gasteiger partial charge in [0.25, 0.3) is 0 Å². The van der Waals surface area contributed by atoms with Crippen molar-refractivity contribution in [2.75, 3.05) is 12.4 Å². The lowest BCUT2D eigenvalue weighted by molar-refractivity contribution is 1.60. The standard InChI is InChI=1S/C28H17NS6/c1-13-3-4-18(30-13)24-9-14-7-22-16(11-20(14)31-24)27-17-12-21-15(8-23(17)35-28(27)34-22)10-25(32-21)19-5-6-26(29-2)33-19/h3-12,29H,1-2H3. The van der Waals surface area contributed by atoms with Crippen molar-refractivity contribution in [2.24, 2.45) is 0 Å². The molecule has 0 saturated heterocycles. The monoisotopic (exact) mass is 559 g/mol. The van der Waals surface area contributed by atoms with Crippen LogP contribution in [0, 0.1) is 6.92 Å². The first kappa shape index (κ1) is 20.9. The van der Waals surface area contributed by atoms with Crippen LogP contribution in [0.15, 0.2) is 60.7 Å². The quantitative estimate of drug-likeness (QED) is 0.227. The summed E-state index contributed by atoms with van der Waals surface area (Å²) in [5.74, 6) is 0. The lowest BCUT2D eigenvalue weighted by Crippen LogP contribution is -1.79. The van der Waals surface area contributed by atoms with Gasteiger partial charge in [-0.25, -0.2) is 0 Å². The van der Waals surface area contributed by atoms with Gasteiger partial charge >= 0.3 is 0 Å². The smallest absolute Gasteiger partial charge is 0.0890 e. The van der Waals surface area contributed by atoms with E-state index in [0.717, 1.165) is 0 Å². The summed E-state index contributed by atoms with van der Waals surface area (Å²) >= 11 is 11.4. The highest BCUT2D eigenvalue weighted by atomic mass is 32.2. The largest absolute Gasteiger partial charge is 0.380 e. The van der Waals surface area contributed by atoms with Crippen molar-refractivity contribution >= 4 is 123 Å². The van der Waals surface area contributed by atoms with Crippen LogP contribution in [-0.2, 0) is 0 Å². The van der Waals surface area contributed by atoms with E-state index in [-0.39, 0.29) is 0 Å².